The van der Waals surface area contributed by atoms with Crippen LogP contribution in [0, 0.1) is 0 Å². The van der Waals surface area contributed by atoms with Gasteiger partial charge in [-0.2, -0.15) is 0 Å². The van der Waals surface area contributed by atoms with Crippen molar-refractivity contribution in [1.29, 1.82) is 0 Å². The first kappa shape index (κ1) is 72.0. The van der Waals surface area contributed by atoms with Crippen LogP contribution in [0.4, 0.5) is 0 Å². The number of unbranched alkanes of at least 4 members (excludes halogenated alkanes) is 17. The van der Waals surface area contributed by atoms with E-state index in [0.29, 0.717) is 12.8 Å². The topological polar surface area (TPSA) is 78.9 Å². The van der Waals surface area contributed by atoms with Crippen molar-refractivity contribution in [1.82, 2.24) is 0 Å². The van der Waals surface area contributed by atoms with Crippen LogP contribution in [-0.2, 0) is 28.6 Å². The lowest BCUT2D eigenvalue weighted by Crippen LogP contribution is -2.30. The number of carbonyl (C=O) groups is 3. The molecule has 0 radical (unpaired) electrons. The van der Waals surface area contributed by atoms with Crippen LogP contribution in [0.3, 0.4) is 0 Å². The van der Waals surface area contributed by atoms with Crippen molar-refractivity contribution in [2.45, 2.75) is 258 Å². The Balaban J connectivity index is 4.47. The minimum atomic E-state index is -0.813. The highest BCUT2D eigenvalue weighted by Gasteiger charge is 2.19. The van der Waals surface area contributed by atoms with Gasteiger partial charge in [0.25, 0.3) is 0 Å². The molecule has 0 aliphatic rings. The highest BCUT2D eigenvalue weighted by Crippen LogP contribution is 2.14. The van der Waals surface area contributed by atoms with Crippen molar-refractivity contribution in [2.75, 3.05) is 13.2 Å². The molecule has 0 heterocycles. The van der Waals surface area contributed by atoms with Crippen molar-refractivity contribution in [3.8, 4) is 0 Å². The van der Waals surface area contributed by atoms with Gasteiger partial charge >= 0.3 is 17.9 Å². The zero-order valence-electron chi connectivity index (χ0n) is 49.4. The number of hydrogen-bond donors (Lipinski definition) is 0. The Hall–Kier alpha value is -4.97. The molecule has 0 aliphatic carbocycles. The van der Waals surface area contributed by atoms with E-state index in [4.69, 9.17) is 14.2 Å². The first-order valence-electron chi connectivity index (χ1n) is 31.0. The molecule has 0 amide bonds. The Morgan fingerprint density at radius 1 is 0.273 bits per heavy atom. The molecule has 0 N–H and O–H groups in total. The maximum absolute atomic E-state index is 12.9. The van der Waals surface area contributed by atoms with Crippen LogP contribution in [0.2, 0.25) is 0 Å². The van der Waals surface area contributed by atoms with Crippen molar-refractivity contribution in [2.24, 2.45) is 0 Å². The van der Waals surface area contributed by atoms with Crippen molar-refractivity contribution >= 4 is 17.9 Å². The quantitative estimate of drug-likeness (QED) is 0.0261. The largest absolute Gasteiger partial charge is 0.462 e. The van der Waals surface area contributed by atoms with Gasteiger partial charge in [0.15, 0.2) is 6.10 Å². The van der Waals surface area contributed by atoms with Crippen molar-refractivity contribution in [3.63, 3.8) is 0 Å². The van der Waals surface area contributed by atoms with Gasteiger partial charge in [-0.15, -0.1) is 0 Å². The summed E-state index contributed by atoms with van der Waals surface area (Å²) >= 11 is 0. The SMILES string of the molecule is CC/C=C\C/C=C\C/C=C\C/C=C\C/C=C\C/C=C\C/C=C\CCCCCC(=O)OCC(COC(=O)CCCCCCCCCCCCC)OC(=O)CCCCCC/C=C\C/C=C\C/C=C\C/C=C\C/C=C\C/C=C\CC. The van der Waals surface area contributed by atoms with E-state index < -0.39 is 6.10 Å². The predicted molar refractivity (Wildman–Crippen MR) is 334 cm³/mol. The summed E-state index contributed by atoms with van der Waals surface area (Å²) in [6.45, 7) is 6.35. The first-order chi connectivity index (χ1) is 38.0. The molecule has 0 aromatic heterocycles. The molecule has 6 nitrogen and oxygen atoms in total. The Kier molecular flexibility index (Phi) is 59.5. The van der Waals surface area contributed by atoms with E-state index in [1.165, 1.54) is 51.4 Å². The van der Waals surface area contributed by atoms with Crippen LogP contribution in [0.1, 0.15) is 252 Å². The maximum atomic E-state index is 12.9. The fourth-order valence-electron chi connectivity index (χ4n) is 7.95. The van der Waals surface area contributed by atoms with Crippen LogP contribution < -0.4 is 0 Å². The molecule has 0 rings (SSSR count). The van der Waals surface area contributed by atoms with Crippen molar-refractivity contribution < 1.29 is 28.6 Å². The van der Waals surface area contributed by atoms with E-state index in [2.05, 4.69) is 179 Å². The summed E-state index contributed by atoms with van der Waals surface area (Å²) in [5, 5.41) is 0. The van der Waals surface area contributed by atoms with Crippen LogP contribution in [0.15, 0.2) is 158 Å². The molecule has 0 aliphatic heterocycles. The average molecular weight is 1060 g/mol. The van der Waals surface area contributed by atoms with Gasteiger partial charge in [-0.3, -0.25) is 14.4 Å². The summed E-state index contributed by atoms with van der Waals surface area (Å²) in [4.78, 5) is 38.2. The standard InChI is InChI=1S/C71H112O6/c1-4-7-10-13-16-19-22-24-26-28-30-32-34-35-37-38-40-42-44-46-49-52-55-58-61-64-70(73)76-67-68(66-75-69(72)63-60-57-54-51-48-21-18-15-12-9-6-3)77-71(74)65-62-59-56-53-50-47-45-43-41-39-36-33-31-29-27-25-23-20-17-14-11-8-5-2/h7-8,10-11,16-17,19-20,24-27,30-33,35,37,39-42,45-47,49,68H,4-6,9,12-15,18,21-23,28-29,34,36,38,43-44,48,50-67H2,1-3H3/b10-7-,11-8-,19-16-,20-17-,26-24-,27-25-,32-30-,33-31-,37-35-,41-39-,42-40-,47-45-,49-46-. The molecule has 1 unspecified atom stereocenters. The van der Waals surface area contributed by atoms with Crippen LogP contribution in [0.5, 0.6) is 0 Å². The van der Waals surface area contributed by atoms with Crippen molar-refractivity contribution in [3.05, 3.63) is 158 Å². The number of carbonyl (C=O) groups excluding carboxylic acids is 3. The smallest absolute Gasteiger partial charge is 0.306 e. The Labute approximate surface area is 473 Å². The summed E-state index contributed by atoms with van der Waals surface area (Å²) in [5.74, 6) is -0.969. The lowest BCUT2D eigenvalue weighted by atomic mass is 10.1. The van der Waals surface area contributed by atoms with Crippen LogP contribution >= 0.6 is 0 Å². The molecule has 0 saturated carbocycles. The summed E-state index contributed by atoms with van der Waals surface area (Å²) in [6.07, 6.45) is 92.4. The Morgan fingerprint density at radius 3 is 0.805 bits per heavy atom. The third-order valence-electron chi connectivity index (χ3n) is 12.5. The lowest BCUT2D eigenvalue weighted by Gasteiger charge is -2.18. The zero-order valence-corrected chi connectivity index (χ0v) is 49.4. The molecule has 0 aromatic rings. The number of esters is 3. The molecule has 432 valence electrons. The number of rotatable bonds is 54. The third-order valence-corrected chi connectivity index (χ3v) is 12.5. The van der Waals surface area contributed by atoms with Gasteiger partial charge in [-0.25, -0.2) is 0 Å². The molecule has 0 aromatic carbocycles. The molecule has 77 heavy (non-hydrogen) atoms. The monoisotopic (exact) mass is 1060 g/mol. The van der Waals surface area contributed by atoms with E-state index in [0.717, 1.165) is 161 Å². The lowest BCUT2D eigenvalue weighted by molar-refractivity contribution is -0.167. The maximum Gasteiger partial charge on any atom is 0.306 e. The van der Waals surface area contributed by atoms with E-state index in [1.807, 2.05) is 0 Å². The molecule has 0 saturated heterocycles. The molecule has 6 heteroatoms. The number of allylic oxidation sites excluding steroid dienone is 26. The Bertz CT molecular complexity index is 1740. The second-order valence-corrected chi connectivity index (χ2v) is 19.9. The molecule has 0 bridgehead atoms. The fourth-order valence-corrected chi connectivity index (χ4v) is 7.95. The van der Waals surface area contributed by atoms with E-state index in [9.17, 15) is 14.4 Å². The van der Waals surface area contributed by atoms with Crippen LogP contribution in [-0.4, -0.2) is 37.2 Å². The minimum absolute atomic E-state index is 0.104. The van der Waals surface area contributed by atoms with E-state index in [1.54, 1.807) is 0 Å². The third kappa shape index (κ3) is 61.8. The second-order valence-electron chi connectivity index (χ2n) is 19.9. The minimum Gasteiger partial charge on any atom is -0.462 e. The second kappa shape index (κ2) is 63.6. The van der Waals surface area contributed by atoms with Gasteiger partial charge in [-0.05, 0) is 128 Å². The fraction of sp³-hybridized carbons (Fsp3) is 0.592. The van der Waals surface area contributed by atoms with E-state index >= 15 is 0 Å². The van der Waals surface area contributed by atoms with Gasteiger partial charge in [0, 0.05) is 19.3 Å². The molecule has 0 fully saturated rings. The number of hydrogen-bond acceptors (Lipinski definition) is 6. The molecule has 0 spiro atoms. The summed E-state index contributed by atoms with van der Waals surface area (Å²) in [5.41, 5.74) is 0. The molecule has 1 atom stereocenters. The average Bonchev–Trinajstić information content (AvgIpc) is 3.43. The Morgan fingerprint density at radius 2 is 0.506 bits per heavy atom. The van der Waals surface area contributed by atoms with Gasteiger partial charge < -0.3 is 14.2 Å². The summed E-state index contributed by atoms with van der Waals surface area (Å²) < 4.78 is 16.8. The van der Waals surface area contributed by atoms with Gasteiger partial charge in [-0.1, -0.05) is 262 Å². The van der Waals surface area contributed by atoms with Gasteiger partial charge in [0.2, 0.25) is 0 Å². The molecular weight excluding hydrogens is 949 g/mol. The molecular formula is C71H112O6. The summed E-state index contributed by atoms with van der Waals surface area (Å²) in [7, 11) is 0. The highest BCUT2D eigenvalue weighted by molar-refractivity contribution is 5.71. The predicted octanol–water partition coefficient (Wildman–Crippen LogP) is 21.3. The first-order valence-corrected chi connectivity index (χ1v) is 31.0. The van der Waals surface area contributed by atoms with E-state index in [-0.39, 0.29) is 37.5 Å². The van der Waals surface area contributed by atoms with Crippen LogP contribution in [0.25, 0.3) is 0 Å². The number of ether oxygens (including phenoxy) is 3. The zero-order chi connectivity index (χ0) is 55.7. The normalized spacial score (nSPS) is 13.2. The van der Waals surface area contributed by atoms with Gasteiger partial charge in [0.05, 0.1) is 0 Å². The summed E-state index contributed by atoms with van der Waals surface area (Å²) in [6, 6.07) is 0. The van der Waals surface area contributed by atoms with Gasteiger partial charge in [0.1, 0.15) is 13.2 Å². The highest BCUT2D eigenvalue weighted by atomic mass is 16.6.